The number of hydrazine groups is 1. The minimum atomic E-state index is -0.370. The van der Waals surface area contributed by atoms with Crippen LogP contribution in [-0.4, -0.2) is 13.0 Å². The molecule has 110 valence electrons. The van der Waals surface area contributed by atoms with Crippen molar-refractivity contribution in [1.82, 2.24) is 5.43 Å². The second-order valence-corrected chi connectivity index (χ2v) is 4.68. The molecule has 0 bridgehead atoms. The molecule has 21 heavy (non-hydrogen) atoms. The quantitative estimate of drug-likeness (QED) is 0.506. The van der Waals surface area contributed by atoms with Crippen molar-refractivity contribution in [2.24, 2.45) is 5.84 Å². The Kier molecular flexibility index (Phi) is 5.03. The highest BCUT2D eigenvalue weighted by atomic mass is 35.5. The van der Waals surface area contributed by atoms with Crippen molar-refractivity contribution in [3.63, 3.8) is 0 Å². The Morgan fingerprint density at radius 3 is 2.57 bits per heavy atom. The number of carbonyl (C=O) groups excluding carboxylic acids is 1. The normalized spacial score (nSPS) is 10.0. The summed E-state index contributed by atoms with van der Waals surface area (Å²) in [6.07, 6.45) is 0. The number of methoxy groups -OCH3 is 1. The summed E-state index contributed by atoms with van der Waals surface area (Å²) in [6.45, 7) is 0.260. The molecule has 0 saturated carbocycles. The zero-order chi connectivity index (χ0) is 15.2. The third kappa shape index (κ3) is 3.87. The fourth-order valence-corrected chi connectivity index (χ4v) is 1.93. The predicted molar refractivity (Wildman–Crippen MR) is 80.4 cm³/mol. The summed E-state index contributed by atoms with van der Waals surface area (Å²) in [7, 11) is 1.56. The first-order chi connectivity index (χ1) is 10.1. The van der Waals surface area contributed by atoms with Crippen LogP contribution in [0, 0.1) is 0 Å². The second kappa shape index (κ2) is 6.97. The van der Waals surface area contributed by atoms with Gasteiger partial charge in [0.25, 0.3) is 5.91 Å². The lowest BCUT2D eigenvalue weighted by atomic mass is 10.1. The molecule has 0 spiro atoms. The van der Waals surface area contributed by atoms with E-state index in [0.717, 1.165) is 5.56 Å². The molecule has 0 heterocycles. The monoisotopic (exact) mass is 306 g/mol. The number of nitrogens with one attached hydrogen (secondary N) is 1. The van der Waals surface area contributed by atoms with Gasteiger partial charge in [0, 0.05) is 16.1 Å². The molecule has 3 N–H and O–H groups in total. The highest BCUT2D eigenvalue weighted by Gasteiger charge is 2.10. The summed E-state index contributed by atoms with van der Waals surface area (Å²) in [5.41, 5.74) is 3.27. The maximum absolute atomic E-state index is 11.5. The van der Waals surface area contributed by atoms with E-state index in [2.05, 4.69) is 5.43 Å². The average Bonchev–Trinajstić information content (AvgIpc) is 2.53. The van der Waals surface area contributed by atoms with E-state index in [1.807, 2.05) is 0 Å². The van der Waals surface area contributed by atoms with E-state index in [-0.39, 0.29) is 12.5 Å². The van der Waals surface area contributed by atoms with Crippen LogP contribution in [0.4, 0.5) is 0 Å². The Morgan fingerprint density at radius 1 is 1.24 bits per heavy atom. The van der Waals surface area contributed by atoms with Gasteiger partial charge in [0.2, 0.25) is 0 Å². The summed E-state index contributed by atoms with van der Waals surface area (Å²) in [6, 6.07) is 12.0. The van der Waals surface area contributed by atoms with Crippen molar-refractivity contribution < 1.29 is 14.3 Å². The zero-order valence-electron chi connectivity index (χ0n) is 11.4. The van der Waals surface area contributed by atoms with Crippen LogP contribution in [0.1, 0.15) is 15.9 Å². The van der Waals surface area contributed by atoms with Crippen LogP contribution in [-0.2, 0) is 6.61 Å². The van der Waals surface area contributed by atoms with Crippen LogP contribution in [0.3, 0.4) is 0 Å². The maximum atomic E-state index is 11.5. The summed E-state index contributed by atoms with van der Waals surface area (Å²) >= 11 is 5.82. The lowest BCUT2D eigenvalue weighted by Crippen LogP contribution is -2.30. The van der Waals surface area contributed by atoms with Gasteiger partial charge in [-0.2, -0.15) is 0 Å². The van der Waals surface area contributed by atoms with Crippen LogP contribution >= 0.6 is 11.6 Å². The number of nitrogen functional groups attached to an aromatic ring is 1. The van der Waals surface area contributed by atoms with Crippen molar-refractivity contribution in [1.29, 1.82) is 0 Å². The second-order valence-electron chi connectivity index (χ2n) is 4.24. The Hall–Kier alpha value is -2.24. The number of carbonyl (C=O) groups is 1. The lowest BCUT2D eigenvalue weighted by Gasteiger charge is -2.12. The molecular weight excluding hydrogens is 292 g/mol. The third-order valence-corrected chi connectivity index (χ3v) is 3.13. The van der Waals surface area contributed by atoms with Gasteiger partial charge in [-0.3, -0.25) is 10.2 Å². The number of amides is 1. The smallest absolute Gasteiger partial charge is 0.265 e. The standard InChI is InChI=1S/C15H15ClN2O3/c1-20-14-7-2-10(15(19)18-17)8-11(14)9-21-13-5-3-12(16)4-6-13/h2-8H,9,17H2,1H3,(H,18,19). The van der Waals surface area contributed by atoms with Crippen molar-refractivity contribution in [3.05, 3.63) is 58.6 Å². The minimum absolute atomic E-state index is 0.260. The van der Waals surface area contributed by atoms with Gasteiger partial charge in [0.15, 0.2) is 0 Å². The molecule has 0 atom stereocenters. The van der Waals surface area contributed by atoms with E-state index < -0.39 is 0 Å². The molecular formula is C15H15ClN2O3. The fourth-order valence-electron chi connectivity index (χ4n) is 1.81. The minimum Gasteiger partial charge on any atom is -0.496 e. The van der Waals surface area contributed by atoms with Crippen LogP contribution in [0.25, 0.3) is 0 Å². The molecule has 2 rings (SSSR count). The van der Waals surface area contributed by atoms with Crippen LogP contribution in [0.2, 0.25) is 5.02 Å². The van der Waals surface area contributed by atoms with Gasteiger partial charge in [0.05, 0.1) is 7.11 Å². The topological polar surface area (TPSA) is 73.6 Å². The van der Waals surface area contributed by atoms with Crippen LogP contribution in [0.5, 0.6) is 11.5 Å². The Bertz CT molecular complexity index is 629. The first-order valence-electron chi connectivity index (χ1n) is 6.20. The number of nitrogens with two attached hydrogens (primary N) is 1. The molecule has 0 aliphatic heterocycles. The summed E-state index contributed by atoms with van der Waals surface area (Å²) < 4.78 is 10.9. The zero-order valence-corrected chi connectivity index (χ0v) is 12.2. The summed E-state index contributed by atoms with van der Waals surface area (Å²) in [5.74, 6) is 6.07. The molecule has 6 heteroatoms. The summed E-state index contributed by atoms with van der Waals surface area (Å²) in [4.78, 5) is 11.5. The molecule has 1 amide bonds. The largest absolute Gasteiger partial charge is 0.496 e. The number of rotatable bonds is 5. The van der Waals surface area contributed by atoms with E-state index in [0.29, 0.717) is 22.1 Å². The Labute approximate surface area is 127 Å². The van der Waals surface area contributed by atoms with Gasteiger partial charge in [-0.15, -0.1) is 0 Å². The SMILES string of the molecule is COc1ccc(C(=O)NN)cc1COc1ccc(Cl)cc1. The van der Waals surface area contributed by atoms with Crippen LogP contribution < -0.4 is 20.7 Å². The van der Waals surface area contributed by atoms with Crippen molar-refractivity contribution >= 4 is 17.5 Å². The molecule has 0 aromatic heterocycles. The third-order valence-electron chi connectivity index (χ3n) is 2.88. The fraction of sp³-hybridized carbons (Fsp3) is 0.133. The molecule has 0 unspecified atom stereocenters. The highest BCUT2D eigenvalue weighted by molar-refractivity contribution is 6.30. The van der Waals surface area contributed by atoms with Gasteiger partial charge >= 0.3 is 0 Å². The van der Waals surface area contributed by atoms with Gasteiger partial charge < -0.3 is 9.47 Å². The highest BCUT2D eigenvalue weighted by Crippen LogP contribution is 2.23. The predicted octanol–water partition coefficient (Wildman–Crippen LogP) is 2.53. The molecule has 2 aromatic carbocycles. The average molecular weight is 307 g/mol. The van der Waals surface area contributed by atoms with E-state index in [9.17, 15) is 4.79 Å². The molecule has 5 nitrogen and oxygen atoms in total. The van der Waals surface area contributed by atoms with Gasteiger partial charge in [-0.1, -0.05) is 11.6 Å². The first-order valence-corrected chi connectivity index (χ1v) is 6.58. The molecule has 2 aromatic rings. The van der Waals surface area contributed by atoms with E-state index in [1.54, 1.807) is 49.6 Å². The van der Waals surface area contributed by atoms with Crippen molar-refractivity contribution in [2.75, 3.05) is 7.11 Å². The molecule has 0 fully saturated rings. The molecule has 0 radical (unpaired) electrons. The first kappa shape index (κ1) is 15.2. The summed E-state index contributed by atoms with van der Waals surface area (Å²) in [5, 5.41) is 0.640. The van der Waals surface area contributed by atoms with Gasteiger partial charge in [0.1, 0.15) is 18.1 Å². The number of hydrogen-bond donors (Lipinski definition) is 2. The number of benzene rings is 2. The van der Waals surface area contributed by atoms with Gasteiger partial charge in [-0.05, 0) is 42.5 Å². The van der Waals surface area contributed by atoms with Gasteiger partial charge in [-0.25, -0.2) is 5.84 Å². The van der Waals surface area contributed by atoms with Crippen molar-refractivity contribution in [2.45, 2.75) is 6.61 Å². The lowest BCUT2D eigenvalue weighted by molar-refractivity contribution is 0.0953. The number of hydrogen-bond acceptors (Lipinski definition) is 4. The maximum Gasteiger partial charge on any atom is 0.265 e. The van der Waals surface area contributed by atoms with Crippen LogP contribution in [0.15, 0.2) is 42.5 Å². The molecule has 0 saturated heterocycles. The molecule has 0 aliphatic rings. The van der Waals surface area contributed by atoms with E-state index in [1.165, 1.54) is 0 Å². The Balaban J connectivity index is 2.17. The Morgan fingerprint density at radius 2 is 1.95 bits per heavy atom. The number of ether oxygens (including phenoxy) is 2. The van der Waals surface area contributed by atoms with Crippen molar-refractivity contribution in [3.8, 4) is 11.5 Å². The molecule has 0 aliphatic carbocycles. The van der Waals surface area contributed by atoms with E-state index >= 15 is 0 Å². The number of halogens is 1. The van der Waals surface area contributed by atoms with E-state index in [4.69, 9.17) is 26.9 Å².